The van der Waals surface area contributed by atoms with Crippen molar-refractivity contribution in [2.24, 2.45) is 4.99 Å². The smallest absolute Gasteiger partial charge is 0.190 e. The van der Waals surface area contributed by atoms with E-state index in [0.717, 1.165) is 45.0 Å². The second-order valence-electron chi connectivity index (χ2n) is 6.16. The molecule has 0 fully saturated rings. The van der Waals surface area contributed by atoms with Crippen molar-refractivity contribution in [1.29, 1.82) is 0 Å². The molecule has 0 aromatic rings. The van der Waals surface area contributed by atoms with Crippen LogP contribution in [0.5, 0.6) is 0 Å². The van der Waals surface area contributed by atoms with Gasteiger partial charge in [-0.25, -0.2) is 0 Å². The molecule has 0 amide bonds. The van der Waals surface area contributed by atoms with Gasteiger partial charge < -0.3 is 20.1 Å². The Balaban J connectivity index is 0. The fourth-order valence-corrected chi connectivity index (χ4v) is 2.43. The van der Waals surface area contributed by atoms with Crippen LogP contribution in [-0.4, -0.2) is 76.6 Å². The van der Waals surface area contributed by atoms with Gasteiger partial charge >= 0.3 is 0 Å². The van der Waals surface area contributed by atoms with Crippen LogP contribution in [0, 0.1) is 0 Å². The molecule has 7 heteroatoms. The first kappa shape index (κ1) is 26.1. The molecule has 0 aliphatic rings. The number of ether oxygens (including phenoxy) is 2. The molecule has 6 nitrogen and oxygen atoms in total. The summed E-state index contributed by atoms with van der Waals surface area (Å²) in [6.07, 6.45) is 2.07. The first-order valence-corrected chi connectivity index (χ1v) is 8.79. The van der Waals surface area contributed by atoms with Crippen molar-refractivity contribution in [3.63, 3.8) is 0 Å². The Labute approximate surface area is 166 Å². The highest BCUT2D eigenvalue weighted by Crippen LogP contribution is 2.05. The van der Waals surface area contributed by atoms with Crippen LogP contribution >= 0.6 is 24.0 Å². The summed E-state index contributed by atoms with van der Waals surface area (Å²) in [7, 11) is 3.49. The Morgan fingerprint density at radius 2 is 1.54 bits per heavy atom. The molecule has 0 aliphatic carbocycles. The predicted molar refractivity (Wildman–Crippen MR) is 114 cm³/mol. The third-order valence-electron chi connectivity index (χ3n) is 3.63. The summed E-state index contributed by atoms with van der Waals surface area (Å²) in [5, 5.41) is 6.67. The largest absolute Gasteiger partial charge is 0.382 e. The monoisotopic (exact) mass is 458 g/mol. The topological polar surface area (TPSA) is 58.1 Å². The summed E-state index contributed by atoms with van der Waals surface area (Å²) in [6, 6.07) is 1.18. The summed E-state index contributed by atoms with van der Waals surface area (Å²) in [4.78, 5) is 6.75. The maximum absolute atomic E-state index is 5.43. The van der Waals surface area contributed by atoms with Crippen molar-refractivity contribution in [3.8, 4) is 0 Å². The van der Waals surface area contributed by atoms with Crippen LogP contribution in [0.25, 0.3) is 0 Å². The van der Waals surface area contributed by atoms with Gasteiger partial charge in [-0.3, -0.25) is 9.89 Å². The van der Waals surface area contributed by atoms with E-state index in [1.807, 2.05) is 0 Å². The number of halogens is 1. The minimum Gasteiger partial charge on any atom is -0.382 e. The molecule has 0 spiro atoms. The van der Waals surface area contributed by atoms with Crippen LogP contribution in [0.3, 0.4) is 0 Å². The summed E-state index contributed by atoms with van der Waals surface area (Å²) in [5.41, 5.74) is 0. The third-order valence-corrected chi connectivity index (χ3v) is 3.63. The standard InChI is InChI=1S/C17H38N4O2.HI/c1-15(2)21(16(3)4)11-7-9-19-17(18-5)20-10-8-12-23-14-13-22-6;/h15-16H,7-14H2,1-6H3,(H2,18,19,20);1H. The zero-order valence-corrected chi connectivity index (χ0v) is 18.8. The van der Waals surface area contributed by atoms with Gasteiger partial charge in [-0.15, -0.1) is 24.0 Å². The Morgan fingerprint density at radius 1 is 0.958 bits per heavy atom. The van der Waals surface area contributed by atoms with Crippen molar-refractivity contribution >= 4 is 29.9 Å². The van der Waals surface area contributed by atoms with E-state index in [0.29, 0.717) is 25.3 Å². The lowest BCUT2D eigenvalue weighted by Crippen LogP contribution is -2.41. The van der Waals surface area contributed by atoms with Crippen molar-refractivity contribution in [3.05, 3.63) is 0 Å². The van der Waals surface area contributed by atoms with Crippen LogP contribution < -0.4 is 10.6 Å². The lowest BCUT2D eigenvalue weighted by molar-refractivity contribution is 0.0698. The van der Waals surface area contributed by atoms with Crippen molar-refractivity contribution in [2.45, 2.75) is 52.6 Å². The minimum absolute atomic E-state index is 0. The molecule has 0 bridgehead atoms. The molecular weight excluding hydrogens is 419 g/mol. The third kappa shape index (κ3) is 14.2. The average Bonchev–Trinajstić information content (AvgIpc) is 2.50. The molecule has 24 heavy (non-hydrogen) atoms. The Hall–Kier alpha value is -0.120. The Bertz CT molecular complexity index is 294. The lowest BCUT2D eigenvalue weighted by Gasteiger charge is -2.30. The first-order chi connectivity index (χ1) is 11.0. The van der Waals surface area contributed by atoms with Gasteiger partial charge in [0.2, 0.25) is 0 Å². The molecule has 0 heterocycles. The molecule has 0 aliphatic heterocycles. The zero-order chi connectivity index (χ0) is 17.5. The second kappa shape index (κ2) is 17.7. The SMILES string of the molecule is CN=C(NCCCOCCOC)NCCCN(C(C)C)C(C)C.I. The lowest BCUT2D eigenvalue weighted by atomic mass is 10.2. The molecule has 0 aromatic heterocycles. The number of nitrogens with zero attached hydrogens (tertiary/aromatic N) is 2. The molecule has 0 saturated heterocycles. The van der Waals surface area contributed by atoms with Gasteiger partial charge in [-0.1, -0.05) is 0 Å². The normalized spacial score (nSPS) is 12.0. The van der Waals surface area contributed by atoms with Gasteiger partial charge in [-0.2, -0.15) is 0 Å². The minimum atomic E-state index is 0. The quantitative estimate of drug-likeness (QED) is 0.192. The maximum Gasteiger partial charge on any atom is 0.190 e. The van der Waals surface area contributed by atoms with E-state index < -0.39 is 0 Å². The van der Waals surface area contributed by atoms with E-state index in [1.54, 1.807) is 14.2 Å². The molecule has 0 aromatic carbocycles. The molecule has 2 N–H and O–H groups in total. The van der Waals surface area contributed by atoms with Gasteiger partial charge in [0.05, 0.1) is 13.2 Å². The van der Waals surface area contributed by atoms with Gasteiger partial charge in [0.1, 0.15) is 0 Å². The van der Waals surface area contributed by atoms with E-state index in [2.05, 4.69) is 48.2 Å². The van der Waals surface area contributed by atoms with Crippen LogP contribution in [-0.2, 0) is 9.47 Å². The first-order valence-electron chi connectivity index (χ1n) is 8.79. The Kier molecular flexibility index (Phi) is 19.3. The maximum atomic E-state index is 5.43. The number of guanidine groups is 1. The van der Waals surface area contributed by atoms with Crippen LogP contribution in [0.1, 0.15) is 40.5 Å². The van der Waals surface area contributed by atoms with Crippen LogP contribution in [0.15, 0.2) is 4.99 Å². The number of hydrogen-bond donors (Lipinski definition) is 2. The van der Waals surface area contributed by atoms with E-state index in [1.165, 1.54) is 0 Å². The number of rotatable bonds is 13. The molecule has 0 radical (unpaired) electrons. The summed E-state index contributed by atoms with van der Waals surface area (Å²) >= 11 is 0. The molecule has 0 atom stereocenters. The van der Waals surface area contributed by atoms with E-state index in [-0.39, 0.29) is 24.0 Å². The van der Waals surface area contributed by atoms with Crippen LogP contribution in [0.2, 0.25) is 0 Å². The van der Waals surface area contributed by atoms with Gasteiger partial charge in [-0.05, 0) is 40.5 Å². The fourth-order valence-electron chi connectivity index (χ4n) is 2.43. The van der Waals surface area contributed by atoms with E-state index >= 15 is 0 Å². The highest BCUT2D eigenvalue weighted by molar-refractivity contribution is 14.0. The molecule has 0 unspecified atom stereocenters. The molecule has 0 rings (SSSR count). The zero-order valence-electron chi connectivity index (χ0n) is 16.4. The van der Waals surface area contributed by atoms with Gasteiger partial charge in [0.25, 0.3) is 0 Å². The molecule has 0 saturated carbocycles. The summed E-state index contributed by atoms with van der Waals surface area (Å²) in [6.45, 7) is 14.0. The van der Waals surface area contributed by atoms with Crippen LogP contribution in [0.4, 0.5) is 0 Å². The van der Waals surface area contributed by atoms with Gasteiger partial charge in [0, 0.05) is 52.5 Å². The highest BCUT2D eigenvalue weighted by atomic mass is 127. The summed E-state index contributed by atoms with van der Waals surface area (Å²) < 4.78 is 10.4. The van der Waals surface area contributed by atoms with Crippen molar-refractivity contribution in [2.75, 3.05) is 53.6 Å². The van der Waals surface area contributed by atoms with E-state index in [9.17, 15) is 0 Å². The number of methoxy groups -OCH3 is 1. The fraction of sp³-hybridized carbons (Fsp3) is 0.941. The number of nitrogens with one attached hydrogen (secondary N) is 2. The number of hydrogen-bond acceptors (Lipinski definition) is 4. The van der Waals surface area contributed by atoms with Crippen molar-refractivity contribution < 1.29 is 9.47 Å². The predicted octanol–water partition coefficient (Wildman–Crippen LogP) is 2.33. The number of aliphatic imine (C=N–C) groups is 1. The average molecular weight is 458 g/mol. The second-order valence-corrected chi connectivity index (χ2v) is 6.16. The van der Waals surface area contributed by atoms with Gasteiger partial charge in [0.15, 0.2) is 5.96 Å². The summed E-state index contributed by atoms with van der Waals surface area (Å²) in [5.74, 6) is 0.863. The molecular formula is C17H39IN4O2. The molecule has 146 valence electrons. The van der Waals surface area contributed by atoms with Crippen molar-refractivity contribution in [1.82, 2.24) is 15.5 Å². The van der Waals surface area contributed by atoms with E-state index in [4.69, 9.17) is 9.47 Å². The highest BCUT2D eigenvalue weighted by Gasteiger charge is 2.12. The Morgan fingerprint density at radius 3 is 2.04 bits per heavy atom.